The molecular weight excluding hydrogens is 276 g/mol. The summed E-state index contributed by atoms with van der Waals surface area (Å²) in [4.78, 5) is 0. The molecule has 3 fully saturated rings. The monoisotopic (exact) mass is 310 g/mol. The van der Waals surface area contributed by atoms with E-state index in [1.54, 1.807) is 0 Å². The quantitative estimate of drug-likeness (QED) is 0.770. The van der Waals surface area contributed by atoms with E-state index in [1.165, 1.54) is 51.4 Å². The smallest absolute Gasteiger partial charge is 0.154 e. The number of ether oxygens (including phenoxy) is 3. The van der Waals surface area contributed by atoms with Gasteiger partial charge in [0.15, 0.2) is 6.29 Å². The normalized spacial score (nSPS) is 43.9. The van der Waals surface area contributed by atoms with E-state index in [1.807, 2.05) is 6.92 Å². The predicted octanol–water partition coefficient (Wildman–Crippen LogP) is 4.40. The SMILES string of the molecule is CC1CCC(CCC2CCC(C3COC(C)OC3)OC2)CC1. The van der Waals surface area contributed by atoms with Gasteiger partial charge in [0.2, 0.25) is 0 Å². The van der Waals surface area contributed by atoms with Gasteiger partial charge in [-0.3, -0.25) is 0 Å². The molecule has 3 nitrogen and oxygen atoms in total. The summed E-state index contributed by atoms with van der Waals surface area (Å²) in [5.74, 6) is 3.20. The highest BCUT2D eigenvalue weighted by Gasteiger charge is 2.32. The number of hydrogen-bond acceptors (Lipinski definition) is 3. The predicted molar refractivity (Wildman–Crippen MR) is 87.7 cm³/mol. The Bertz CT molecular complexity index is 309. The molecule has 0 aromatic heterocycles. The first-order valence-corrected chi connectivity index (χ1v) is 9.55. The van der Waals surface area contributed by atoms with Gasteiger partial charge in [-0.2, -0.15) is 0 Å². The largest absolute Gasteiger partial charge is 0.377 e. The van der Waals surface area contributed by atoms with E-state index in [9.17, 15) is 0 Å². The van der Waals surface area contributed by atoms with Gasteiger partial charge in [-0.25, -0.2) is 0 Å². The average molecular weight is 310 g/mol. The third-order valence-corrected chi connectivity index (χ3v) is 6.14. The molecule has 1 saturated carbocycles. The van der Waals surface area contributed by atoms with Crippen molar-refractivity contribution in [3.8, 4) is 0 Å². The van der Waals surface area contributed by atoms with Gasteiger partial charge in [-0.15, -0.1) is 0 Å². The average Bonchev–Trinajstić information content (AvgIpc) is 2.56. The maximum Gasteiger partial charge on any atom is 0.154 e. The first-order valence-electron chi connectivity index (χ1n) is 9.55. The van der Waals surface area contributed by atoms with Crippen LogP contribution in [0.25, 0.3) is 0 Å². The van der Waals surface area contributed by atoms with E-state index >= 15 is 0 Å². The van der Waals surface area contributed by atoms with Gasteiger partial charge >= 0.3 is 0 Å². The molecule has 3 heteroatoms. The van der Waals surface area contributed by atoms with Crippen LogP contribution in [0.15, 0.2) is 0 Å². The molecule has 0 radical (unpaired) electrons. The van der Waals surface area contributed by atoms with Crippen molar-refractivity contribution < 1.29 is 14.2 Å². The molecule has 2 saturated heterocycles. The highest BCUT2D eigenvalue weighted by Crippen LogP contribution is 2.34. The highest BCUT2D eigenvalue weighted by molar-refractivity contribution is 4.79. The van der Waals surface area contributed by atoms with E-state index in [-0.39, 0.29) is 6.29 Å². The van der Waals surface area contributed by atoms with E-state index in [0.717, 1.165) is 37.6 Å². The molecule has 2 aliphatic heterocycles. The maximum atomic E-state index is 6.16. The molecule has 2 heterocycles. The molecule has 0 aromatic rings. The van der Waals surface area contributed by atoms with E-state index in [0.29, 0.717) is 12.0 Å². The van der Waals surface area contributed by atoms with Gasteiger partial charge in [0, 0.05) is 12.5 Å². The summed E-state index contributed by atoms with van der Waals surface area (Å²) in [6.07, 6.45) is 11.5. The molecule has 1 aliphatic carbocycles. The lowest BCUT2D eigenvalue weighted by molar-refractivity contribution is -0.215. The van der Waals surface area contributed by atoms with Crippen LogP contribution in [0.4, 0.5) is 0 Å². The van der Waals surface area contributed by atoms with Crippen LogP contribution >= 0.6 is 0 Å². The summed E-state index contributed by atoms with van der Waals surface area (Å²) in [5.41, 5.74) is 0. The molecule has 0 amide bonds. The fraction of sp³-hybridized carbons (Fsp3) is 1.00. The summed E-state index contributed by atoms with van der Waals surface area (Å²) >= 11 is 0. The zero-order valence-corrected chi connectivity index (χ0v) is 14.5. The minimum absolute atomic E-state index is 0.0363. The topological polar surface area (TPSA) is 27.7 Å². The Balaban J connectivity index is 1.32. The Morgan fingerprint density at radius 2 is 1.32 bits per heavy atom. The van der Waals surface area contributed by atoms with Crippen LogP contribution in [0.5, 0.6) is 0 Å². The fourth-order valence-electron chi connectivity index (χ4n) is 4.34. The molecule has 128 valence electrons. The second-order valence-corrected chi connectivity index (χ2v) is 8.01. The van der Waals surface area contributed by atoms with Crippen molar-refractivity contribution in [2.24, 2.45) is 23.7 Å². The third-order valence-electron chi connectivity index (χ3n) is 6.14. The number of rotatable bonds is 4. The molecule has 0 N–H and O–H groups in total. The lowest BCUT2D eigenvalue weighted by Gasteiger charge is -2.37. The van der Waals surface area contributed by atoms with Crippen molar-refractivity contribution in [2.75, 3.05) is 19.8 Å². The third kappa shape index (κ3) is 4.69. The Kier molecular flexibility index (Phi) is 6.17. The second kappa shape index (κ2) is 8.12. The van der Waals surface area contributed by atoms with Crippen LogP contribution in [0, 0.1) is 23.7 Å². The summed E-state index contributed by atoms with van der Waals surface area (Å²) in [6, 6.07) is 0. The molecule has 0 aromatic carbocycles. The van der Waals surface area contributed by atoms with Gasteiger partial charge < -0.3 is 14.2 Å². The summed E-state index contributed by atoms with van der Waals surface area (Å²) in [7, 11) is 0. The zero-order chi connectivity index (χ0) is 15.4. The minimum atomic E-state index is -0.0363. The zero-order valence-electron chi connectivity index (χ0n) is 14.5. The van der Waals surface area contributed by atoms with E-state index in [4.69, 9.17) is 14.2 Å². The molecular formula is C19H34O3. The van der Waals surface area contributed by atoms with Gasteiger partial charge in [-0.05, 0) is 43.9 Å². The van der Waals surface area contributed by atoms with Crippen LogP contribution in [-0.2, 0) is 14.2 Å². The fourth-order valence-corrected chi connectivity index (χ4v) is 4.34. The minimum Gasteiger partial charge on any atom is -0.377 e. The lowest BCUT2D eigenvalue weighted by atomic mass is 9.79. The van der Waals surface area contributed by atoms with Crippen LogP contribution in [-0.4, -0.2) is 32.2 Å². The van der Waals surface area contributed by atoms with Crippen LogP contribution < -0.4 is 0 Å². The van der Waals surface area contributed by atoms with Crippen molar-refractivity contribution in [1.82, 2.24) is 0 Å². The second-order valence-electron chi connectivity index (χ2n) is 8.01. The molecule has 0 spiro atoms. The summed E-state index contributed by atoms with van der Waals surface area (Å²) < 4.78 is 17.4. The maximum absolute atomic E-state index is 6.16. The van der Waals surface area contributed by atoms with Crippen molar-refractivity contribution in [1.29, 1.82) is 0 Å². The standard InChI is InChI=1S/C19H34O3/c1-14-3-5-16(6-4-14)7-8-17-9-10-19(22-11-17)18-12-20-15(2)21-13-18/h14-19H,3-13H2,1-2H3. The lowest BCUT2D eigenvalue weighted by Crippen LogP contribution is -2.41. The molecule has 22 heavy (non-hydrogen) atoms. The molecule has 0 bridgehead atoms. The van der Waals surface area contributed by atoms with Gasteiger partial charge in [0.25, 0.3) is 0 Å². The number of hydrogen-bond donors (Lipinski definition) is 0. The molecule has 2 atom stereocenters. The Morgan fingerprint density at radius 3 is 1.95 bits per heavy atom. The first-order chi connectivity index (χ1) is 10.7. The summed E-state index contributed by atoms with van der Waals surface area (Å²) in [5, 5.41) is 0. The summed E-state index contributed by atoms with van der Waals surface area (Å²) in [6.45, 7) is 6.94. The van der Waals surface area contributed by atoms with Gasteiger partial charge in [0.05, 0.1) is 19.3 Å². The Morgan fingerprint density at radius 1 is 0.682 bits per heavy atom. The van der Waals surface area contributed by atoms with Crippen molar-refractivity contribution >= 4 is 0 Å². The van der Waals surface area contributed by atoms with Gasteiger partial charge in [-0.1, -0.05) is 39.0 Å². The van der Waals surface area contributed by atoms with Crippen molar-refractivity contribution in [3.63, 3.8) is 0 Å². The van der Waals surface area contributed by atoms with E-state index < -0.39 is 0 Å². The molecule has 3 rings (SSSR count). The van der Waals surface area contributed by atoms with E-state index in [2.05, 4.69) is 6.92 Å². The highest BCUT2D eigenvalue weighted by atomic mass is 16.7. The van der Waals surface area contributed by atoms with Crippen LogP contribution in [0.3, 0.4) is 0 Å². The molecule has 3 aliphatic rings. The first kappa shape index (κ1) is 16.7. The Hall–Kier alpha value is -0.120. The van der Waals surface area contributed by atoms with Gasteiger partial charge in [0.1, 0.15) is 0 Å². The van der Waals surface area contributed by atoms with Crippen LogP contribution in [0.2, 0.25) is 0 Å². The Labute approximate surface area is 136 Å². The van der Waals surface area contributed by atoms with Crippen LogP contribution in [0.1, 0.15) is 65.2 Å². The van der Waals surface area contributed by atoms with Crippen molar-refractivity contribution in [2.45, 2.75) is 77.6 Å². The van der Waals surface area contributed by atoms with Crippen molar-refractivity contribution in [3.05, 3.63) is 0 Å². The molecule has 2 unspecified atom stereocenters.